The molecule has 0 aliphatic carbocycles. The Labute approximate surface area is 256 Å². The standard InChI is InChI=1S/C33H38N4O7/c1-23(2)18-19-37(33(41)44-21-25-13-8-5-9-14-25)32(40)35-26(17-16-24-11-6-4-7-12-24)29(38)30-34-27(22-43-30)31(39)36(3)28-15-10-20-42-28/h4-15,20,22-23,26,29,38H,16-19,21H2,1-3H3,(H,35,40)/t26-,29?/m0/s1. The van der Waals surface area contributed by atoms with Crippen LogP contribution < -0.4 is 10.2 Å². The zero-order valence-corrected chi connectivity index (χ0v) is 25.1. The Balaban J connectivity index is 1.51. The maximum absolute atomic E-state index is 13.6. The number of rotatable bonds is 13. The van der Waals surface area contributed by atoms with Gasteiger partial charge in [-0.3, -0.25) is 9.69 Å². The summed E-state index contributed by atoms with van der Waals surface area (Å²) < 4.78 is 16.2. The number of hydrogen-bond acceptors (Lipinski definition) is 8. The third-order valence-electron chi connectivity index (χ3n) is 7.01. The first-order valence-electron chi connectivity index (χ1n) is 14.5. The number of aryl methyl sites for hydroxylation is 1. The van der Waals surface area contributed by atoms with E-state index in [9.17, 15) is 19.5 Å². The second-order valence-electron chi connectivity index (χ2n) is 10.8. The van der Waals surface area contributed by atoms with Gasteiger partial charge >= 0.3 is 12.1 Å². The molecular formula is C33H38N4O7. The molecule has 0 bridgehead atoms. The van der Waals surface area contributed by atoms with Crippen LogP contribution in [-0.2, 0) is 17.8 Å². The van der Waals surface area contributed by atoms with Crippen molar-refractivity contribution in [1.29, 1.82) is 0 Å². The molecule has 0 radical (unpaired) electrons. The van der Waals surface area contributed by atoms with Crippen molar-refractivity contribution >= 4 is 23.9 Å². The highest BCUT2D eigenvalue weighted by Gasteiger charge is 2.32. The maximum atomic E-state index is 13.6. The van der Waals surface area contributed by atoms with Gasteiger partial charge < -0.3 is 24.0 Å². The van der Waals surface area contributed by atoms with Gasteiger partial charge in [0.05, 0.1) is 12.3 Å². The Bertz CT molecular complexity index is 1470. The molecule has 2 heterocycles. The van der Waals surface area contributed by atoms with Crippen LogP contribution in [0.5, 0.6) is 0 Å². The summed E-state index contributed by atoms with van der Waals surface area (Å²) in [7, 11) is 1.53. The van der Waals surface area contributed by atoms with Crippen LogP contribution in [0.15, 0.2) is 94.2 Å². The molecule has 1 unspecified atom stereocenters. The summed E-state index contributed by atoms with van der Waals surface area (Å²) in [6.07, 6.45) is 1.70. The molecule has 11 nitrogen and oxygen atoms in total. The van der Waals surface area contributed by atoms with Crippen LogP contribution in [0.3, 0.4) is 0 Å². The van der Waals surface area contributed by atoms with E-state index in [4.69, 9.17) is 13.6 Å². The molecular weight excluding hydrogens is 564 g/mol. The van der Waals surface area contributed by atoms with Gasteiger partial charge in [-0.2, -0.15) is 0 Å². The average molecular weight is 603 g/mol. The number of anilines is 1. The number of hydrogen-bond donors (Lipinski definition) is 2. The number of nitrogens with one attached hydrogen (secondary N) is 1. The molecule has 0 fully saturated rings. The Morgan fingerprint density at radius 2 is 1.61 bits per heavy atom. The number of furan rings is 1. The molecule has 11 heteroatoms. The zero-order chi connectivity index (χ0) is 31.5. The Hall–Kier alpha value is -4.90. The monoisotopic (exact) mass is 602 g/mol. The van der Waals surface area contributed by atoms with Crippen LogP contribution in [0.1, 0.15) is 60.3 Å². The third kappa shape index (κ3) is 8.81. The molecule has 2 aromatic carbocycles. The van der Waals surface area contributed by atoms with Gasteiger partial charge in [0, 0.05) is 19.7 Å². The van der Waals surface area contributed by atoms with E-state index in [0.29, 0.717) is 18.7 Å². The van der Waals surface area contributed by atoms with E-state index in [-0.39, 0.29) is 37.1 Å². The molecule has 44 heavy (non-hydrogen) atoms. The van der Waals surface area contributed by atoms with Gasteiger partial charge in [0.15, 0.2) is 11.8 Å². The van der Waals surface area contributed by atoms with Gasteiger partial charge in [0.25, 0.3) is 5.91 Å². The lowest BCUT2D eigenvalue weighted by Crippen LogP contribution is -2.50. The van der Waals surface area contributed by atoms with Crippen LogP contribution in [0.4, 0.5) is 15.5 Å². The van der Waals surface area contributed by atoms with Crippen molar-refractivity contribution < 1.29 is 33.1 Å². The highest BCUT2D eigenvalue weighted by molar-refractivity contribution is 6.03. The number of aliphatic hydroxyl groups is 1. The second-order valence-corrected chi connectivity index (χ2v) is 10.8. The maximum Gasteiger partial charge on any atom is 0.418 e. The van der Waals surface area contributed by atoms with Crippen molar-refractivity contribution in [3.63, 3.8) is 0 Å². The quantitative estimate of drug-likeness (QED) is 0.191. The van der Waals surface area contributed by atoms with E-state index in [0.717, 1.165) is 22.3 Å². The minimum atomic E-state index is -1.43. The first-order valence-corrected chi connectivity index (χ1v) is 14.5. The highest BCUT2D eigenvalue weighted by atomic mass is 16.6. The number of nitrogens with zero attached hydrogens (tertiary/aromatic N) is 3. The van der Waals surface area contributed by atoms with Crippen LogP contribution >= 0.6 is 0 Å². The summed E-state index contributed by atoms with van der Waals surface area (Å²) in [5, 5.41) is 14.2. The van der Waals surface area contributed by atoms with E-state index in [1.54, 1.807) is 12.1 Å². The number of urea groups is 1. The van der Waals surface area contributed by atoms with E-state index < -0.39 is 30.2 Å². The molecule has 4 aromatic rings. The van der Waals surface area contributed by atoms with Crippen LogP contribution in [-0.4, -0.2) is 52.7 Å². The van der Waals surface area contributed by atoms with Crippen LogP contribution in [0, 0.1) is 5.92 Å². The minimum absolute atomic E-state index is 0.00473. The summed E-state index contributed by atoms with van der Waals surface area (Å²) >= 11 is 0. The summed E-state index contributed by atoms with van der Waals surface area (Å²) in [5.74, 6) is -0.129. The number of carbonyl (C=O) groups excluding carboxylic acids is 3. The number of oxazole rings is 1. The Morgan fingerprint density at radius 3 is 2.25 bits per heavy atom. The first-order chi connectivity index (χ1) is 21.2. The number of ether oxygens (including phenoxy) is 1. The Morgan fingerprint density at radius 1 is 0.932 bits per heavy atom. The van der Waals surface area contributed by atoms with Crippen molar-refractivity contribution in [2.75, 3.05) is 18.5 Å². The largest absolute Gasteiger partial charge is 0.448 e. The molecule has 232 valence electrons. The third-order valence-corrected chi connectivity index (χ3v) is 7.01. The van der Waals surface area contributed by atoms with Crippen molar-refractivity contribution in [2.45, 2.75) is 51.9 Å². The first kappa shape index (κ1) is 32.0. The average Bonchev–Trinajstić information content (AvgIpc) is 3.75. The fourth-order valence-corrected chi connectivity index (χ4v) is 4.40. The molecule has 2 aromatic heterocycles. The van der Waals surface area contributed by atoms with Gasteiger partial charge in [0.2, 0.25) is 11.8 Å². The molecule has 4 amide bonds. The smallest absolute Gasteiger partial charge is 0.418 e. The SMILES string of the molecule is CC(C)CCN(C(=O)N[C@@H](CCc1ccccc1)C(O)c1nc(C(=O)N(C)c2ccco2)co1)C(=O)OCc1ccccc1. The van der Waals surface area contributed by atoms with E-state index in [1.165, 1.54) is 18.2 Å². The van der Waals surface area contributed by atoms with E-state index >= 15 is 0 Å². The fraction of sp³-hybridized carbons (Fsp3) is 0.333. The van der Waals surface area contributed by atoms with Gasteiger partial charge in [-0.15, -0.1) is 0 Å². The molecule has 2 N–H and O–H groups in total. The molecule has 0 saturated heterocycles. The number of imide groups is 1. The molecule has 0 aliphatic heterocycles. The van der Waals surface area contributed by atoms with Crippen molar-refractivity contribution in [3.8, 4) is 0 Å². The molecule has 0 spiro atoms. The van der Waals surface area contributed by atoms with Crippen LogP contribution in [0.2, 0.25) is 0 Å². The van der Waals surface area contributed by atoms with Crippen LogP contribution in [0.25, 0.3) is 0 Å². The molecule has 0 aliphatic rings. The molecule has 0 saturated carbocycles. The summed E-state index contributed by atoms with van der Waals surface area (Å²) in [5.41, 5.74) is 1.73. The van der Waals surface area contributed by atoms with Crippen molar-refractivity contribution in [1.82, 2.24) is 15.2 Å². The zero-order valence-electron chi connectivity index (χ0n) is 25.1. The van der Waals surface area contributed by atoms with Gasteiger partial charge in [0.1, 0.15) is 12.9 Å². The Kier molecular flexibility index (Phi) is 11.3. The lowest BCUT2D eigenvalue weighted by molar-refractivity contribution is 0.0843. The fourth-order valence-electron chi connectivity index (χ4n) is 4.40. The second kappa shape index (κ2) is 15.5. The number of aliphatic hydroxyl groups excluding tert-OH is 1. The van der Waals surface area contributed by atoms with E-state index in [1.807, 2.05) is 74.5 Å². The predicted molar refractivity (Wildman–Crippen MR) is 163 cm³/mol. The topological polar surface area (TPSA) is 138 Å². The lowest BCUT2D eigenvalue weighted by Gasteiger charge is -2.27. The number of aromatic nitrogens is 1. The van der Waals surface area contributed by atoms with Gasteiger partial charge in [-0.05, 0) is 42.4 Å². The minimum Gasteiger partial charge on any atom is -0.448 e. The molecule has 4 rings (SSSR count). The normalized spacial score (nSPS) is 12.4. The highest BCUT2D eigenvalue weighted by Crippen LogP contribution is 2.23. The van der Waals surface area contributed by atoms with Crippen molar-refractivity contribution in [2.24, 2.45) is 5.92 Å². The summed E-state index contributed by atoms with van der Waals surface area (Å²) in [4.78, 5) is 46.1. The predicted octanol–water partition coefficient (Wildman–Crippen LogP) is 5.97. The van der Waals surface area contributed by atoms with Gasteiger partial charge in [-0.1, -0.05) is 74.5 Å². The number of amides is 4. The van der Waals surface area contributed by atoms with Gasteiger partial charge in [-0.25, -0.2) is 19.5 Å². The number of carbonyl (C=O) groups is 3. The summed E-state index contributed by atoms with van der Waals surface area (Å²) in [6, 6.07) is 20.4. The lowest BCUT2D eigenvalue weighted by atomic mass is 10.0. The number of benzene rings is 2. The van der Waals surface area contributed by atoms with Crippen molar-refractivity contribution in [3.05, 3.63) is 108 Å². The molecule has 2 atom stereocenters. The summed E-state index contributed by atoms with van der Waals surface area (Å²) in [6.45, 7) is 4.10. The van der Waals surface area contributed by atoms with E-state index in [2.05, 4.69) is 10.3 Å².